The second kappa shape index (κ2) is 4.74. The van der Waals surface area contributed by atoms with Crippen LogP contribution in [0.25, 0.3) is 5.69 Å². The molecular weight excluding hydrogens is 331 g/mol. The molecule has 2 aromatic rings. The van der Waals surface area contributed by atoms with Crippen molar-refractivity contribution in [2.24, 2.45) is 10.9 Å². The Kier molecular flexibility index (Phi) is 3.32. The topological polar surface area (TPSA) is 76.4 Å². The fraction of sp³-hybridized carbons (Fsp3) is 0.0909. The largest absolute Gasteiger partial charge is 0.409 e. The fourth-order valence-electron chi connectivity index (χ4n) is 1.57. The minimum atomic E-state index is 0.115. The van der Waals surface area contributed by atoms with Gasteiger partial charge < -0.3 is 10.9 Å². The van der Waals surface area contributed by atoms with Gasteiger partial charge in [0.15, 0.2) is 5.84 Å². The number of nitrogens with zero attached hydrogens (tertiary/aromatic N) is 3. The molecule has 0 amide bonds. The Hall–Kier alpha value is -1.57. The van der Waals surface area contributed by atoms with Crippen LogP contribution < -0.4 is 5.73 Å². The number of rotatable bonds is 2. The van der Waals surface area contributed by atoms with Crippen LogP contribution >= 0.6 is 22.6 Å². The maximum atomic E-state index is 8.65. The molecule has 0 spiro atoms. The average Bonchev–Trinajstić information content (AvgIpc) is 2.75. The van der Waals surface area contributed by atoms with Crippen molar-refractivity contribution >= 4 is 28.4 Å². The van der Waals surface area contributed by atoms with Crippen LogP contribution in [0.5, 0.6) is 0 Å². The Bertz CT molecular complexity index is 577. The number of aromatic nitrogens is 2. The molecule has 0 aliphatic carbocycles. The van der Waals surface area contributed by atoms with Gasteiger partial charge in [0.2, 0.25) is 0 Å². The van der Waals surface area contributed by atoms with Crippen molar-refractivity contribution in [1.82, 2.24) is 9.78 Å². The number of halogens is 1. The summed E-state index contributed by atoms with van der Waals surface area (Å²) in [7, 11) is 0. The first kappa shape index (κ1) is 11.9. The van der Waals surface area contributed by atoms with Gasteiger partial charge in [-0.2, -0.15) is 5.10 Å². The third-order valence-electron chi connectivity index (χ3n) is 2.41. The number of benzene rings is 1. The van der Waals surface area contributed by atoms with Gasteiger partial charge in [-0.25, -0.2) is 4.68 Å². The number of nitrogens with two attached hydrogens (primary N) is 1. The summed E-state index contributed by atoms with van der Waals surface area (Å²) in [6, 6.07) is 5.63. The average molecular weight is 342 g/mol. The molecule has 0 aliphatic heterocycles. The van der Waals surface area contributed by atoms with E-state index in [1.54, 1.807) is 10.9 Å². The molecule has 2 rings (SSSR count). The predicted octanol–water partition coefficient (Wildman–Crippen LogP) is 1.88. The fourth-order valence-corrected chi connectivity index (χ4v) is 1.96. The number of hydrogen-bond acceptors (Lipinski definition) is 3. The van der Waals surface area contributed by atoms with Crippen LogP contribution in [-0.4, -0.2) is 20.8 Å². The molecule has 0 fully saturated rings. The molecule has 17 heavy (non-hydrogen) atoms. The zero-order chi connectivity index (χ0) is 12.4. The summed E-state index contributed by atoms with van der Waals surface area (Å²) in [5.74, 6) is 0.115. The molecule has 0 unspecified atom stereocenters. The highest BCUT2D eigenvalue weighted by molar-refractivity contribution is 14.1. The van der Waals surface area contributed by atoms with Crippen molar-refractivity contribution < 1.29 is 5.21 Å². The zero-order valence-electron chi connectivity index (χ0n) is 9.13. The maximum Gasteiger partial charge on any atom is 0.170 e. The summed E-state index contributed by atoms with van der Waals surface area (Å²) in [5.41, 5.74) is 8.16. The summed E-state index contributed by atoms with van der Waals surface area (Å²) in [5, 5.41) is 15.9. The molecular formula is C11H11IN4O. The standard InChI is InChI=1S/C11H11IN4O/c1-7-4-9(16-6-8(12)5-14-16)2-3-10(7)11(13)15-17/h2-6,17H,1H3,(H2,13,15). The molecule has 0 saturated carbocycles. The molecule has 3 N–H and O–H groups in total. The van der Waals surface area contributed by atoms with Gasteiger partial charge in [0.05, 0.1) is 15.5 Å². The third-order valence-corrected chi connectivity index (χ3v) is 2.97. The SMILES string of the molecule is Cc1cc(-n2cc(I)cn2)ccc1/C(N)=N/O. The summed E-state index contributed by atoms with van der Waals surface area (Å²) >= 11 is 2.20. The Balaban J connectivity index is 2.44. The molecule has 1 aromatic heterocycles. The van der Waals surface area contributed by atoms with Gasteiger partial charge >= 0.3 is 0 Å². The first-order valence-electron chi connectivity index (χ1n) is 4.91. The Morgan fingerprint density at radius 1 is 1.53 bits per heavy atom. The molecule has 0 aliphatic rings. The van der Waals surface area contributed by atoms with Crippen LogP contribution in [0.3, 0.4) is 0 Å². The van der Waals surface area contributed by atoms with E-state index in [4.69, 9.17) is 10.9 Å². The quantitative estimate of drug-likeness (QED) is 0.288. The zero-order valence-corrected chi connectivity index (χ0v) is 11.3. The molecule has 0 bridgehead atoms. The van der Waals surface area contributed by atoms with Crippen molar-refractivity contribution in [3.63, 3.8) is 0 Å². The van der Waals surface area contributed by atoms with Gasteiger partial charge in [0.1, 0.15) is 0 Å². The first-order valence-corrected chi connectivity index (χ1v) is 5.99. The summed E-state index contributed by atoms with van der Waals surface area (Å²) in [6.45, 7) is 1.91. The van der Waals surface area contributed by atoms with Gasteiger partial charge in [-0.1, -0.05) is 5.16 Å². The Morgan fingerprint density at radius 2 is 2.29 bits per heavy atom. The van der Waals surface area contributed by atoms with Crippen LogP contribution in [0.15, 0.2) is 35.7 Å². The smallest absolute Gasteiger partial charge is 0.170 e. The van der Waals surface area contributed by atoms with Gasteiger partial charge in [0.25, 0.3) is 0 Å². The molecule has 88 valence electrons. The number of amidine groups is 1. The van der Waals surface area contributed by atoms with Crippen LogP contribution in [-0.2, 0) is 0 Å². The van der Waals surface area contributed by atoms with E-state index in [0.29, 0.717) is 0 Å². The van der Waals surface area contributed by atoms with E-state index in [1.165, 1.54) is 0 Å². The molecule has 6 heteroatoms. The lowest BCUT2D eigenvalue weighted by atomic mass is 10.1. The second-order valence-electron chi connectivity index (χ2n) is 3.59. The van der Waals surface area contributed by atoms with Gasteiger partial charge in [-0.3, -0.25) is 0 Å². The second-order valence-corrected chi connectivity index (χ2v) is 4.83. The maximum absolute atomic E-state index is 8.65. The number of hydrogen-bond donors (Lipinski definition) is 2. The van der Waals surface area contributed by atoms with E-state index in [9.17, 15) is 0 Å². The lowest BCUT2D eigenvalue weighted by molar-refractivity contribution is 0.318. The molecule has 5 nitrogen and oxygen atoms in total. The van der Waals surface area contributed by atoms with Crippen molar-refractivity contribution in [3.05, 3.63) is 45.3 Å². The van der Waals surface area contributed by atoms with Gasteiger partial charge in [-0.15, -0.1) is 0 Å². The van der Waals surface area contributed by atoms with Crippen LogP contribution in [0.2, 0.25) is 0 Å². The number of aryl methyl sites for hydroxylation is 1. The first-order chi connectivity index (χ1) is 8.11. The molecule has 0 atom stereocenters. The summed E-state index contributed by atoms with van der Waals surface area (Å²) in [4.78, 5) is 0. The van der Waals surface area contributed by atoms with Crippen molar-refractivity contribution in [2.75, 3.05) is 0 Å². The van der Waals surface area contributed by atoms with Gasteiger partial charge in [-0.05, 0) is 53.3 Å². The highest BCUT2D eigenvalue weighted by Gasteiger charge is 2.06. The predicted molar refractivity (Wildman–Crippen MR) is 73.5 cm³/mol. The number of oxime groups is 1. The van der Waals surface area contributed by atoms with Crippen LogP contribution in [0, 0.1) is 10.5 Å². The lowest BCUT2D eigenvalue weighted by Crippen LogP contribution is -2.14. The van der Waals surface area contributed by atoms with E-state index in [-0.39, 0.29) is 5.84 Å². The van der Waals surface area contributed by atoms with Crippen LogP contribution in [0.4, 0.5) is 0 Å². The van der Waals surface area contributed by atoms with E-state index in [1.807, 2.05) is 31.3 Å². The van der Waals surface area contributed by atoms with E-state index in [2.05, 4.69) is 32.8 Å². The monoisotopic (exact) mass is 342 g/mol. The van der Waals surface area contributed by atoms with Crippen LogP contribution in [0.1, 0.15) is 11.1 Å². The molecule has 0 radical (unpaired) electrons. The van der Waals surface area contributed by atoms with E-state index in [0.717, 1.165) is 20.4 Å². The Morgan fingerprint density at radius 3 is 2.82 bits per heavy atom. The minimum absolute atomic E-state index is 0.115. The van der Waals surface area contributed by atoms with Crippen molar-refractivity contribution in [3.8, 4) is 5.69 Å². The third kappa shape index (κ3) is 2.41. The normalized spacial score (nSPS) is 11.8. The molecule has 1 heterocycles. The molecule has 0 saturated heterocycles. The van der Waals surface area contributed by atoms with Gasteiger partial charge in [0, 0.05) is 11.8 Å². The van der Waals surface area contributed by atoms with Crippen molar-refractivity contribution in [2.45, 2.75) is 6.92 Å². The minimum Gasteiger partial charge on any atom is -0.409 e. The summed E-state index contributed by atoms with van der Waals surface area (Å²) < 4.78 is 2.85. The summed E-state index contributed by atoms with van der Waals surface area (Å²) in [6.07, 6.45) is 3.71. The van der Waals surface area contributed by atoms with E-state index >= 15 is 0 Å². The highest BCUT2D eigenvalue weighted by atomic mass is 127. The molecule has 1 aromatic carbocycles. The van der Waals surface area contributed by atoms with E-state index < -0.39 is 0 Å². The van der Waals surface area contributed by atoms with Crippen molar-refractivity contribution in [1.29, 1.82) is 0 Å². The highest BCUT2D eigenvalue weighted by Crippen LogP contribution is 2.15. The lowest BCUT2D eigenvalue weighted by Gasteiger charge is -2.07. The Labute approximate surface area is 112 Å².